The third-order valence-electron chi connectivity index (χ3n) is 8.83. The largest absolute Gasteiger partial charge is 0.475 e. The van der Waals surface area contributed by atoms with Gasteiger partial charge in [-0.1, -0.05) is 36.4 Å². The minimum absolute atomic E-state index is 0.0857. The molecule has 2 saturated heterocycles. The summed E-state index contributed by atoms with van der Waals surface area (Å²) >= 11 is 6.48. The molecule has 3 aliphatic rings. The number of rotatable bonds is 6. The average molecular weight is 589 g/mol. The quantitative estimate of drug-likeness (QED) is 0.384. The van der Waals surface area contributed by atoms with Crippen molar-refractivity contribution in [1.82, 2.24) is 14.8 Å². The zero-order valence-corrected chi connectivity index (χ0v) is 24.5. The van der Waals surface area contributed by atoms with Crippen molar-refractivity contribution in [3.05, 3.63) is 70.6 Å². The maximum Gasteiger partial charge on any atom is 0.246 e. The van der Waals surface area contributed by atoms with E-state index in [9.17, 15) is 14.4 Å². The van der Waals surface area contributed by atoms with Gasteiger partial charge in [0.25, 0.3) is 0 Å². The number of ether oxygens (including phenoxy) is 1. The van der Waals surface area contributed by atoms with Crippen molar-refractivity contribution >= 4 is 39.7 Å². The molecule has 0 saturated carbocycles. The number of carbonyl (C=O) groups is 1. The van der Waals surface area contributed by atoms with Crippen LogP contribution in [0.5, 0.6) is 5.88 Å². The van der Waals surface area contributed by atoms with E-state index in [1.54, 1.807) is 11.0 Å². The highest BCUT2D eigenvalue weighted by Gasteiger charge is 2.32. The van der Waals surface area contributed by atoms with E-state index in [4.69, 9.17) is 21.3 Å². The predicted molar refractivity (Wildman–Crippen MR) is 163 cm³/mol. The molecule has 6 rings (SSSR count). The number of likely N-dealkylation sites (N-methyl/N-ethyl adjacent to an activating group) is 1. The number of nitrogens with zero attached hydrogens (tertiary/aromatic N) is 6. The highest BCUT2D eigenvalue weighted by molar-refractivity contribution is 6.36. The summed E-state index contributed by atoms with van der Waals surface area (Å²) in [6.07, 6.45) is 4.15. The van der Waals surface area contributed by atoms with E-state index in [2.05, 4.69) is 34.4 Å². The molecule has 0 bridgehead atoms. The number of likely N-dealkylation sites (tertiary alicyclic amines) is 1. The van der Waals surface area contributed by atoms with E-state index >= 15 is 0 Å². The normalized spacial score (nSPS) is 19.1. The lowest BCUT2D eigenvalue weighted by Crippen LogP contribution is -2.49. The molecular formula is C32H34ClFN6O2. The number of anilines is 2. The molecule has 3 aromatic rings. The number of pyridine rings is 1. The number of benzene rings is 2. The summed E-state index contributed by atoms with van der Waals surface area (Å²) in [5, 5.41) is 12.1. The van der Waals surface area contributed by atoms with Crippen molar-refractivity contribution in [2.45, 2.75) is 31.8 Å². The molecule has 1 amide bonds. The number of hydrogen-bond donors (Lipinski definition) is 0. The Labute approximate surface area is 250 Å². The van der Waals surface area contributed by atoms with Crippen molar-refractivity contribution in [3.63, 3.8) is 0 Å². The minimum atomic E-state index is -0.449. The number of nitriles is 1. The van der Waals surface area contributed by atoms with Gasteiger partial charge >= 0.3 is 0 Å². The van der Waals surface area contributed by atoms with E-state index in [1.165, 1.54) is 12.1 Å². The minimum Gasteiger partial charge on any atom is -0.475 e. The van der Waals surface area contributed by atoms with Gasteiger partial charge in [0.1, 0.15) is 24.1 Å². The molecule has 42 heavy (non-hydrogen) atoms. The molecule has 1 atom stereocenters. The standard InChI is InChI=1S/C32H34ClFN6O2/c1-3-28(41)38-14-16-39(17-15-38)31-23-11-13-40(27-8-4-6-21-9-10-25(34)30(33)29(21)27)19-26(23)36-32(24(31)18-35)42-20-22-7-5-12-37(22)2/h3-4,6,8-10,22H,1,5,7,11-17,19-20H2,2H3. The second-order valence-electron chi connectivity index (χ2n) is 11.2. The van der Waals surface area contributed by atoms with Gasteiger partial charge in [0.2, 0.25) is 11.8 Å². The fourth-order valence-electron chi connectivity index (χ4n) is 6.49. The van der Waals surface area contributed by atoms with E-state index < -0.39 is 5.82 Å². The number of amides is 1. The van der Waals surface area contributed by atoms with Crippen LogP contribution in [0.2, 0.25) is 5.02 Å². The number of piperazine rings is 1. The van der Waals surface area contributed by atoms with Crippen molar-refractivity contribution in [2.75, 3.05) is 62.7 Å². The topological polar surface area (TPSA) is 75.9 Å². The van der Waals surface area contributed by atoms with Crippen LogP contribution in [-0.2, 0) is 17.8 Å². The van der Waals surface area contributed by atoms with Gasteiger partial charge in [-0.05, 0) is 56.4 Å². The monoisotopic (exact) mass is 588 g/mol. The van der Waals surface area contributed by atoms with Gasteiger partial charge in [-0.3, -0.25) is 4.79 Å². The van der Waals surface area contributed by atoms with Crippen LogP contribution in [0.15, 0.2) is 43.0 Å². The van der Waals surface area contributed by atoms with Gasteiger partial charge < -0.3 is 24.3 Å². The SMILES string of the molecule is C=CC(=O)N1CCN(c2c(C#N)c(OCC3CCCN3C)nc3c2CCN(c2cccc4ccc(F)c(Cl)c24)C3)CC1. The van der Waals surface area contributed by atoms with Crippen LogP contribution in [0, 0.1) is 17.1 Å². The highest BCUT2D eigenvalue weighted by Crippen LogP contribution is 2.40. The lowest BCUT2D eigenvalue weighted by atomic mass is 9.97. The Balaban J connectivity index is 1.38. The molecule has 0 aliphatic carbocycles. The highest BCUT2D eigenvalue weighted by atomic mass is 35.5. The second-order valence-corrected chi connectivity index (χ2v) is 11.6. The molecule has 10 heteroatoms. The Bertz CT molecular complexity index is 1580. The first kappa shape index (κ1) is 28.3. The van der Waals surface area contributed by atoms with Crippen molar-refractivity contribution in [2.24, 2.45) is 0 Å². The lowest BCUT2D eigenvalue weighted by Gasteiger charge is -2.39. The number of halogens is 2. The fraction of sp³-hybridized carbons (Fsp3) is 0.406. The number of aromatic nitrogens is 1. The first-order valence-electron chi connectivity index (χ1n) is 14.5. The summed E-state index contributed by atoms with van der Waals surface area (Å²) in [6, 6.07) is 11.7. The first-order valence-corrected chi connectivity index (χ1v) is 14.8. The van der Waals surface area contributed by atoms with Gasteiger partial charge in [0.05, 0.1) is 22.9 Å². The van der Waals surface area contributed by atoms with Crippen molar-refractivity contribution < 1.29 is 13.9 Å². The number of hydrogen-bond acceptors (Lipinski definition) is 7. The van der Waals surface area contributed by atoms with Crippen LogP contribution in [-0.4, -0.2) is 79.7 Å². The molecule has 1 aromatic heterocycles. The molecule has 0 spiro atoms. The molecule has 2 aromatic carbocycles. The smallest absolute Gasteiger partial charge is 0.246 e. The fourth-order valence-corrected chi connectivity index (χ4v) is 6.76. The first-order chi connectivity index (χ1) is 20.4. The van der Waals surface area contributed by atoms with Gasteiger partial charge in [-0.15, -0.1) is 0 Å². The van der Waals surface area contributed by atoms with Crippen LogP contribution < -0.4 is 14.5 Å². The molecule has 2 fully saturated rings. The Morgan fingerprint density at radius 1 is 1.19 bits per heavy atom. The van der Waals surface area contributed by atoms with Gasteiger partial charge in [0, 0.05) is 55.4 Å². The summed E-state index contributed by atoms with van der Waals surface area (Å²) in [6.45, 7) is 8.50. The average Bonchev–Trinajstić information content (AvgIpc) is 3.44. The Hall–Kier alpha value is -3.87. The molecule has 0 radical (unpaired) electrons. The predicted octanol–water partition coefficient (Wildman–Crippen LogP) is 4.77. The maximum absolute atomic E-state index is 14.5. The summed E-state index contributed by atoms with van der Waals surface area (Å²) in [7, 11) is 2.10. The Morgan fingerprint density at radius 3 is 2.71 bits per heavy atom. The molecule has 3 aliphatic heterocycles. The summed E-state index contributed by atoms with van der Waals surface area (Å²) in [5.74, 6) is -0.188. The third kappa shape index (κ3) is 5.14. The van der Waals surface area contributed by atoms with Crippen LogP contribution in [0.4, 0.5) is 15.8 Å². The number of fused-ring (bicyclic) bond motifs is 2. The van der Waals surface area contributed by atoms with E-state index in [1.807, 2.05) is 18.2 Å². The van der Waals surface area contributed by atoms with E-state index in [0.29, 0.717) is 69.1 Å². The third-order valence-corrected chi connectivity index (χ3v) is 9.19. The Kier molecular flexibility index (Phi) is 7.93. The maximum atomic E-state index is 14.5. The van der Waals surface area contributed by atoms with Gasteiger partial charge in [-0.2, -0.15) is 5.26 Å². The number of carbonyl (C=O) groups excluding carboxylic acids is 1. The summed E-state index contributed by atoms with van der Waals surface area (Å²) in [5.41, 5.74) is 4.00. The zero-order chi connectivity index (χ0) is 29.4. The van der Waals surface area contributed by atoms with Crippen LogP contribution in [0.3, 0.4) is 0 Å². The van der Waals surface area contributed by atoms with Gasteiger partial charge in [-0.25, -0.2) is 9.37 Å². The van der Waals surface area contributed by atoms with Crippen molar-refractivity contribution in [1.29, 1.82) is 5.26 Å². The lowest BCUT2D eigenvalue weighted by molar-refractivity contribution is -0.126. The van der Waals surface area contributed by atoms with Crippen LogP contribution in [0.25, 0.3) is 10.8 Å². The van der Waals surface area contributed by atoms with Crippen LogP contribution >= 0.6 is 11.6 Å². The molecule has 1 unspecified atom stereocenters. The molecule has 218 valence electrons. The summed E-state index contributed by atoms with van der Waals surface area (Å²) in [4.78, 5) is 25.6. The van der Waals surface area contributed by atoms with Crippen molar-refractivity contribution in [3.8, 4) is 11.9 Å². The Morgan fingerprint density at radius 2 is 2.00 bits per heavy atom. The second kappa shape index (κ2) is 11.8. The molecule has 0 N–H and O–H groups in total. The van der Waals surface area contributed by atoms with Crippen LogP contribution in [0.1, 0.15) is 29.7 Å². The van der Waals surface area contributed by atoms with Gasteiger partial charge in [0.15, 0.2) is 0 Å². The van der Waals surface area contributed by atoms with E-state index in [0.717, 1.165) is 47.4 Å². The molecule has 4 heterocycles. The molecular weight excluding hydrogens is 555 g/mol. The zero-order valence-electron chi connectivity index (χ0n) is 23.8. The van der Waals surface area contributed by atoms with E-state index in [-0.39, 0.29) is 17.0 Å². The molecule has 8 nitrogen and oxygen atoms in total. The summed E-state index contributed by atoms with van der Waals surface area (Å²) < 4.78 is 20.9.